The molecule has 2 saturated heterocycles. The molecule has 0 aliphatic carbocycles. The lowest BCUT2D eigenvalue weighted by Gasteiger charge is -2.34. The average molecular weight is 611 g/mol. The summed E-state index contributed by atoms with van der Waals surface area (Å²) in [5.74, 6) is 1.69. The Balaban J connectivity index is 1.12. The van der Waals surface area contributed by atoms with Gasteiger partial charge in [0.1, 0.15) is 34.8 Å². The van der Waals surface area contributed by atoms with Gasteiger partial charge >= 0.3 is 6.09 Å². The SMILES string of the molecule is Cc1c(Oc2ccc3c(c2)ncn3C)ccc(Nc2ncnc3ccc(N4C[C@@H]5C[C@H]4CCN5C(=O)OC(C)(C)C)nc23)c1F. The zero-order valence-electron chi connectivity index (χ0n) is 25.9. The zero-order valence-corrected chi connectivity index (χ0v) is 25.9. The molecule has 2 aliphatic heterocycles. The maximum absolute atomic E-state index is 15.7. The highest BCUT2D eigenvalue weighted by atomic mass is 19.1. The van der Waals surface area contributed by atoms with Gasteiger partial charge in [-0.3, -0.25) is 0 Å². The highest BCUT2D eigenvalue weighted by molar-refractivity contribution is 5.88. The molecular formula is C33H35FN8O3. The number of halogens is 1. The Morgan fingerprint density at radius 1 is 1.04 bits per heavy atom. The number of rotatable bonds is 5. The lowest BCUT2D eigenvalue weighted by molar-refractivity contribution is 0.0142. The number of benzene rings is 2. The van der Waals surface area contributed by atoms with Gasteiger partial charge in [0, 0.05) is 37.8 Å². The first kappa shape index (κ1) is 28.8. The number of anilines is 3. The molecule has 2 aromatic carbocycles. The van der Waals surface area contributed by atoms with Crippen molar-refractivity contribution in [1.29, 1.82) is 0 Å². The van der Waals surface area contributed by atoms with E-state index in [-0.39, 0.29) is 23.9 Å². The van der Waals surface area contributed by atoms with Crippen molar-refractivity contribution in [3.8, 4) is 11.5 Å². The summed E-state index contributed by atoms with van der Waals surface area (Å²) >= 11 is 0. The van der Waals surface area contributed by atoms with Gasteiger partial charge in [-0.2, -0.15) is 0 Å². The van der Waals surface area contributed by atoms with Gasteiger partial charge in [0.15, 0.2) is 11.6 Å². The van der Waals surface area contributed by atoms with E-state index in [1.807, 2.05) is 67.6 Å². The minimum Gasteiger partial charge on any atom is -0.457 e. The van der Waals surface area contributed by atoms with Crippen molar-refractivity contribution >= 4 is 45.5 Å². The summed E-state index contributed by atoms with van der Waals surface area (Å²) in [5.41, 5.74) is 3.00. The smallest absolute Gasteiger partial charge is 0.410 e. The maximum atomic E-state index is 15.7. The van der Waals surface area contributed by atoms with E-state index < -0.39 is 11.4 Å². The van der Waals surface area contributed by atoms with Crippen LogP contribution in [0.1, 0.15) is 39.2 Å². The molecule has 2 fully saturated rings. The number of imidazole rings is 1. The molecule has 3 aromatic heterocycles. The Bertz CT molecular complexity index is 1940. The number of carbonyl (C=O) groups excluding carboxylic acids is 1. The summed E-state index contributed by atoms with van der Waals surface area (Å²) in [6.07, 6.45) is 4.57. The van der Waals surface area contributed by atoms with Gasteiger partial charge in [0.2, 0.25) is 0 Å². The Morgan fingerprint density at radius 2 is 1.89 bits per heavy atom. The third-order valence-electron chi connectivity index (χ3n) is 8.44. The van der Waals surface area contributed by atoms with Crippen LogP contribution in [0.25, 0.3) is 22.1 Å². The molecule has 5 heterocycles. The number of aromatic nitrogens is 5. The number of carbonyl (C=O) groups is 1. The molecule has 0 spiro atoms. The first-order valence-corrected chi connectivity index (χ1v) is 15.1. The molecular weight excluding hydrogens is 575 g/mol. The standard InChI is InChI=1S/C33H35FN8O3/c1-19-27(44-22-6-9-26-25(15-22)37-18-40(26)5)10-7-23(29(19)34)38-31-30-24(35-17-36-31)8-11-28(39-30)42-16-21-14-20(42)12-13-41(21)32(43)45-33(2,3)4/h6-11,15,17-18,20-21H,12-14,16H2,1-5H3,(H,35,36,38)/t20-,21+/m1/s1. The molecule has 0 unspecified atom stereocenters. The van der Waals surface area contributed by atoms with E-state index in [9.17, 15) is 4.79 Å². The van der Waals surface area contributed by atoms with E-state index >= 15 is 4.39 Å². The molecule has 1 N–H and O–H groups in total. The van der Waals surface area contributed by atoms with Crippen LogP contribution in [-0.2, 0) is 11.8 Å². The molecule has 7 rings (SSSR count). The largest absolute Gasteiger partial charge is 0.457 e. The normalized spacial score (nSPS) is 18.1. The molecule has 1 amide bonds. The first-order valence-electron chi connectivity index (χ1n) is 15.1. The fourth-order valence-electron chi connectivity index (χ4n) is 6.19. The summed E-state index contributed by atoms with van der Waals surface area (Å²) in [7, 11) is 1.93. The quantitative estimate of drug-likeness (QED) is 0.239. The molecule has 45 heavy (non-hydrogen) atoms. The number of pyridine rings is 1. The Labute approximate surface area is 260 Å². The molecule has 2 aliphatic rings. The van der Waals surface area contributed by atoms with Crippen molar-refractivity contribution < 1.29 is 18.7 Å². The van der Waals surface area contributed by atoms with Crippen molar-refractivity contribution in [1.82, 2.24) is 29.4 Å². The van der Waals surface area contributed by atoms with Gasteiger partial charge in [-0.15, -0.1) is 0 Å². The topological polar surface area (TPSA) is 111 Å². The van der Waals surface area contributed by atoms with E-state index in [0.717, 1.165) is 29.7 Å². The van der Waals surface area contributed by atoms with Gasteiger partial charge in [-0.05, 0) is 76.9 Å². The number of hydrogen-bond acceptors (Lipinski definition) is 9. The van der Waals surface area contributed by atoms with E-state index in [2.05, 4.69) is 25.2 Å². The van der Waals surface area contributed by atoms with Gasteiger partial charge < -0.3 is 29.2 Å². The van der Waals surface area contributed by atoms with Crippen LogP contribution in [0.3, 0.4) is 0 Å². The fourth-order valence-corrected chi connectivity index (χ4v) is 6.19. The molecule has 232 valence electrons. The second-order valence-corrected chi connectivity index (χ2v) is 12.7. The summed E-state index contributed by atoms with van der Waals surface area (Å²) in [5, 5.41) is 3.14. The van der Waals surface area contributed by atoms with Crippen molar-refractivity contribution in [2.24, 2.45) is 7.05 Å². The van der Waals surface area contributed by atoms with Crippen molar-refractivity contribution in [3.05, 3.63) is 66.5 Å². The minimum atomic E-state index is -0.546. The summed E-state index contributed by atoms with van der Waals surface area (Å²) in [6.45, 7) is 8.61. The molecule has 11 nitrogen and oxygen atoms in total. The highest BCUT2D eigenvalue weighted by Gasteiger charge is 2.43. The van der Waals surface area contributed by atoms with Gasteiger partial charge in [0.25, 0.3) is 0 Å². The van der Waals surface area contributed by atoms with Gasteiger partial charge in [-0.25, -0.2) is 29.1 Å². The number of piperidine rings is 1. The van der Waals surface area contributed by atoms with E-state index in [0.29, 0.717) is 47.0 Å². The monoisotopic (exact) mass is 610 g/mol. The number of fused-ring (bicyclic) bond motifs is 4. The predicted molar refractivity (Wildman–Crippen MR) is 170 cm³/mol. The lowest BCUT2D eigenvalue weighted by Crippen LogP contribution is -2.46. The number of aryl methyl sites for hydroxylation is 1. The van der Waals surface area contributed by atoms with Crippen molar-refractivity contribution in [2.75, 3.05) is 23.3 Å². The number of hydrogen-bond donors (Lipinski definition) is 1. The number of nitrogens with zero attached hydrogens (tertiary/aromatic N) is 7. The Hall–Kier alpha value is -5.00. The van der Waals surface area contributed by atoms with E-state index in [1.54, 1.807) is 25.4 Å². The Morgan fingerprint density at radius 3 is 2.71 bits per heavy atom. The maximum Gasteiger partial charge on any atom is 0.410 e. The molecule has 0 radical (unpaired) electrons. The van der Waals surface area contributed by atoms with Crippen molar-refractivity contribution in [3.63, 3.8) is 0 Å². The van der Waals surface area contributed by atoms with Crippen LogP contribution in [0.15, 0.2) is 55.1 Å². The third-order valence-corrected chi connectivity index (χ3v) is 8.44. The third kappa shape index (κ3) is 5.45. The molecule has 0 saturated carbocycles. The second kappa shape index (κ2) is 10.9. The molecule has 2 bridgehead atoms. The minimum absolute atomic E-state index is 0.0457. The Kier molecular flexibility index (Phi) is 6.94. The van der Waals surface area contributed by atoms with Crippen LogP contribution in [0.4, 0.5) is 26.5 Å². The summed E-state index contributed by atoms with van der Waals surface area (Å²) < 4.78 is 29.3. The molecule has 5 aromatic rings. The number of nitrogens with one attached hydrogen (secondary N) is 1. The van der Waals surface area contributed by atoms with Crippen LogP contribution >= 0.6 is 0 Å². The second-order valence-electron chi connectivity index (χ2n) is 12.7. The van der Waals surface area contributed by atoms with Crippen LogP contribution in [-0.4, -0.2) is 66.3 Å². The van der Waals surface area contributed by atoms with Crippen LogP contribution in [0.5, 0.6) is 11.5 Å². The fraction of sp³-hybridized carbons (Fsp3) is 0.364. The van der Waals surface area contributed by atoms with Crippen LogP contribution in [0.2, 0.25) is 0 Å². The van der Waals surface area contributed by atoms with Crippen LogP contribution in [0, 0.1) is 12.7 Å². The number of amides is 1. The van der Waals surface area contributed by atoms with E-state index in [1.165, 1.54) is 6.33 Å². The number of likely N-dealkylation sites (tertiary alicyclic amines) is 1. The summed E-state index contributed by atoms with van der Waals surface area (Å²) in [6, 6.07) is 13.1. The summed E-state index contributed by atoms with van der Waals surface area (Å²) in [4.78, 5) is 35.1. The van der Waals surface area contributed by atoms with E-state index in [4.69, 9.17) is 14.5 Å². The predicted octanol–water partition coefficient (Wildman–Crippen LogP) is 6.48. The first-order chi connectivity index (χ1) is 21.5. The zero-order chi connectivity index (χ0) is 31.5. The lowest BCUT2D eigenvalue weighted by atomic mass is 10.0. The van der Waals surface area contributed by atoms with Gasteiger partial charge in [-0.1, -0.05) is 0 Å². The number of ether oxygens (including phenoxy) is 2. The van der Waals surface area contributed by atoms with Gasteiger partial charge in [0.05, 0.1) is 34.6 Å². The molecule has 12 heteroatoms. The molecule has 2 atom stereocenters. The van der Waals surface area contributed by atoms with Crippen molar-refractivity contribution in [2.45, 2.75) is 58.2 Å². The highest BCUT2D eigenvalue weighted by Crippen LogP contribution is 2.36. The van der Waals surface area contributed by atoms with Crippen LogP contribution < -0.4 is 15.0 Å². The average Bonchev–Trinajstić information content (AvgIpc) is 3.54.